The van der Waals surface area contributed by atoms with Gasteiger partial charge in [0.15, 0.2) is 0 Å². The summed E-state index contributed by atoms with van der Waals surface area (Å²) in [5.41, 5.74) is 2.37. The molecule has 1 amide bonds. The van der Waals surface area contributed by atoms with E-state index in [4.69, 9.17) is 0 Å². The largest absolute Gasteiger partial charge is 0.384 e. The maximum atomic E-state index is 12.4. The smallest absolute Gasteiger partial charge is 0.258 e. The zero-order chi connectivity index (χ0) is 14.5. The van der Waals surface area contributed by atoms with Crippen molar-refractivity contribution in [2.24, 2.45) is 7.05 Å². The van der Waals surface area contributed by atoms with Crippen molar-refractivity contribution < 1.29 is 4.79 Å². The fourth-order valence-corrected chi connectivity index (χ4v) is 2.01. The number of amides is 1. The molecule has 0 aliphatic rings. The molecule has 1 aromatic carbocycles. The summed E-state index contributed by atoms with van der Waals surface area (Å²) >= 11 is 0. The highest BCUT2D eigenvalue weighted by molar-refractivity contribution is 6.07. The number of rotatable bonds is 5. The molecule has 2 aromatic rings. The molecule has 2 rings (SSSR count). The number of anilines is 2. The van der Waals surface area contributed by atoms with E-state index in [1.807, 2.05) is 44.3 Å². The van der Waals surface area contributed by atoms with Gasteiger partial charge < -0.3 is 10.6 Å². The summed E-state index contributed by atoms with van der Waals surface area (Å²) in [6.07, 6.45) is 1.01. The number of hydrogen-bond donors (Lipinski definition) is 2. The molecule has 1 aromatic heterocycles. The molecule has 2 N–H and O–H groups in total. The summed E-state index contributed by atoms with van der Waals surface area (Å²) in [6.45, 7) is 4.83. The number of nitrogens with zero attached hydrogens (tertiary/aromatic N) is 2. The lowest BCUT2D eigenvalue weighted by Gasteiger charge is -2.11. The van der Waals surface area contributed by atoms with Gasteiger partial charge in [0.1, 0.15) is 5.82 Å². The first kappa shape index (κ1) is 14.1. The van der Waals surface area contributed by atoms with E-state index in [1.54, 1.807) is 4.68 Å². The van der Waals surface area contributed by atoms with Gasteiger partial charge in [-0.25, -0.2) is 0 Å². The average Bonchev–Trinajstić information content (AvgIpc) is 2.75. The molecule has 0 radical (unpaired) electrons. The Balaban J connectivity index is 2.18. The van der Waals surface area contributed by atoms with Crippen LogP contribution in [0.25, 0.3) is 0 Å². The Bertz CT molecular complexity index is 604. The van der Waals surface area contributed by atoms with Gasteiger partial charge in [0.2, 0.25) is 0 Å². The summed E-state index contributed by atoms with van der Waals surface area (Å²) in [7, 11) is 1.81. The van der Waals surface area contributed by atoms with E-state index in [1.165, 1.54) is 0 Å². The van der Waals surface area contributed by atoms with Gasteiger partial charge in [0.05, 0.1) is 11.3 Å². The standard InChI is InChI=1S/C15H20N4O/c1-4-9-16-13-8-6-5-7-12(13)15(20)17-14-10-11(2)18-19(14)3/h5-8,10,16H,4,9H2,1-3H3,(H,17,20). The van der Waals surface area contributed by atoms with E-state index >= 15 is 0 Å². The Hall–Kier alpha value is -2.30. The van der Waals surface area contributed by atoms with Gasteiger partial charge in [0.25, 0.3) is 5.91 Å². The summed E-state index contributed by atoms with van der Waals surface area (Å²) in [5, 5.41) is 10.4. The van der Waals surface area contributed by atoms with Gasteiger partial charge in [-0.3, -0.25) is 9.48 Å². The maximum absolute atomic E-state index is 12.4. The molecule has 0 aliphatic carbocycles. The van der Waals surface area contributed by atoms with Gasteiger partial charge in [0, 0.05) is 25.3 Å². The Kier molecular flexibility index (Phi) is 4.40. The van der Waals surface area contributed by atoms with Crippen LogP contribution in [-0.4, -0.2) is 22.2 Å². The van der Waals surface area contributed by atoms with Crippen LogP contribution >= 0.6 is 0 Å². The highest BCUT2D eigenvalue weighted by Crippen LogP contribution is 2.17. The molecule has 0 unspecified atom stereocenters. The first-order chi connectivity index (χ1) is 9.61. The van der Waals surface area contributed by atoms with E-state index in [0.29, 0.717) is 11.4 Å². The number of aryl methyl sites for hydroxylation is 2. The highest BCUT2D eigenvalue weighted by Gasteiger charge is 2.12. The number of hydrogen-bond acceptors (Lipinski definition) is 3. The molecule has 0 bridgehead atoms. The van der Waals surface area contributed by atoms with E-state index in [-0.39, 0.29) is 5.91 Å². The number of benzene rings is 1. The number of carbonyl (C=O) groups is 1. The van der Waals surface area contributed by atoms with Crippen molar-refractivity contribution in [3.05, 3.63) is 41.6 Å². The van der Waals surface area contributed by atoms with Crippen LogP contribution in [0.15, 0.2) is 30.3 Å². The van der Waals surface area contributed by atoms with Gasteiger partial charge in [-0.1, -0.05) is 19.1 Å². The first-order valence-corrected chi connectivity index (χ1v) is 6.76. The normalized spacial score (nSPS) is 10.3. The maximum Gasteiger partial charge on any atom is 0.258 e. The Morgan fingerprint density at radius 3 is 2.75 bits per heavy atom. The topological polar surface area (TPSA) is 59.0 Å². The molecular formula is C15H20N4O. The molecule has 1 heterocycles. The van der Waals surface area contributed by atoms with Crippen molar-refractivity contribution >= 4 is 17.4 Å². The molecule has 0 aliphatic heterocycles. The van der Waals surface area contributed by atoms with Crippen LogP contribution in [0.4, 0.5) is 11.5 Å². The summed E-state index contributed by atoms with van der Waals surface area (Å²) in [4.78, 5) is 12.4. The van der Waals surface area contributed by atoms with Crippen LogP contribution in [0.3, 0.4) is 0 Å². The van der Waals surface area contributed by atoms with Crippen molar-refractivity contribution in [1.82, 2.24) is 9.78 Å². The second-order valence-electron chi connectivity index (χ2n) is 4.72. The zero-order valence-corrected chi connectivity index (χ0v) is 12.1. The van der Waals surface area contributed by atoms with Crippen LogP contribution in [0.2, 0.25) is 0 Å². The lowest BCUT2D eigenvalue weighted by Crippen LogP contribution is -2.16. The second-order valence-corrected chi connectivity index (χ2v) is 4.72. The van der Waals surface area contributed by atoms with E-state index in [9.17, 15) is 4.79 Å². The van der Waals surface area contributed by atoms with Crippen LogP contribution in [-0.2, 0) is 7.05 Å². The van der Waals surface area contributed by atoms with Crippen LogP contribution in [0.1, 0.15) is 29.4 Å². The Morgan fingerprint density at radius 2 is 2.10 bits per heavy atom. The highest BCUT2D eigenvalue weighted by atomic mass is 16.1. The van der Waals surface area contributed by atoms with Gasteiger partial charge in [-0.05, 0) is 25.5 Å². The average molecular weight is 272 g/mol. The third-order valence-corrected chi connectivity index (χ3v) is 2.98. The number of para-hydroxylation sites is 1. The molecule has 0 spiro atoms. The molecule has 0 saturated carbocycles. The van der Waals surface area contributed by atoms with Gasteiger partial charge in [-0.15, -0.1) is 0 Å². The second kappa shape index (κ2) is 6.23. The first-order valence-electron chi connectivity index (χ1n) is 6.76. The Morgan fingerprint density at radius 1 is 1.35 bits per heavy atom. The molecule has 5 heteroatoms. The number of nitrogens with one attached hydrogen (secondary N) is 2. The SMILES string of the molecule is CCCNc1ccccc1C(=O)Nc1cc(C)nn1C. The van der Waals surface area contributed by atoms with Crippen LogP contribution < -0.4 is 10.6 Å². The van der Waals surface area contributed by atoms with Crippen LogP contribution in [0.5, 0.6) is 0 Å². The van der Waals surface area contributed by atoms with Crippen molar-refractivity contribution in [2.75, 3.05) is 17.2 Å². The van der Waals surface area contributed by atoms with Crippen molar-refractivity contribution in [2.45, 2.75) is 20.3 Å². The molecule has 5 nitrogen and oxygen atoms in total. The summed E-state index contributed by atoms with van der Waals surface area (Å²) < 4.78 is 1.66. The predicted octanol–water partition coefficient (Wildman–Crippen LogP) is 2.80. The van der Waals surface area contributed by atoms with Crippen molar-refractivity contribution in [3.63, 3.8) is 0 Å². The fourth-order valence-electron chi connectivity index (χ4n) is 2.01. The quantitative estimate of drug-likeness (QED) is 0.880. The number of carbonyl (C=O) groups excluding carboxylic acids is 1. The van der Waals surface area contributed by atoms with Crippen LogP contribution in [0, 0.1) is 6.92 Å². The third-order valence-electron chi connectivity index (χ3n) is 2.98. The molecule has 0 saturated heterocycles. The zero-order valence-electron chi connectivity index (χ0n) is 12.1. The minimum atomic E-state index is -0.132. The minimum absolute atomic E-state index is 0.132. The molecule has 20 heavy (non-hydrogen) atoms. The number of aromatic nitrogens is 2. The van der Waals surface area contributed by atoms with Crippen molar-refractivity contribution in [1.29, 1.82) is 0 Å². The van der Waals surface area contributed by atoms with Gasteiger partial charge >= 0.3 is 0 Å². The predicted molar refractivity (Wildman–Crippen MR) is 81.1 cm³/mol. The van der Waals surface area contributed by atoms with E-state index < -0.39 is 0 Å². The summed E-state index contributed by atoms with van der Waals surface area (Å²) in [5.74, 6) is 0.560. The molecule has 106 valence electrons. The molecular weight excluding hydrogens is 252 g/mol. The van der Waals surface area contributed by atoms with E-state index in [0.717, 1.165) is 24.3 Å². The lowest BCUT2D eigenvalue weighted by molar-refractivity contribution is 0.102. The van der Waals surface area contributed by atoms with Gasteiger partial charge in [-0.2, -0.15) is 5.10 Å². The monoisotopic (exact) mass is 272 g/mol. The fraction of sp³-hybridized carbons (Fsp3) is 0.333. The van der Waals surface area contributed by atoms with Crippen molar-refractivity contribution in [3.8, 4) is 0 Å². The molecule has 0 atom stereocenters. The molecule has 0 fully saturated rings. The summed E-state index contributed by atoms with van der Waals surface area (Å²) in [6, 6.07) is 9.36. The Labute approximate surface area is 119 Å². The third kappa shape index (κ3) is 3.17. The van der Waals surface area contributed by atoms with E-state index in [2.05, 4.69) is 22.7 Å². The minimum Gasteiger partial charge on any atom is -0.384 e. The lowest BCUT2D eigenvalue weighted by atomic mass is 10.1.